The second kappa shape index (κ2) is 10.1. The summed E-state index contributed by atoms with van der Waals surface area (Å²) >= 11 is 0. The lowest BCUT2D eigenvalue weighted by Gasteiger charge is -2.10. The zero-order valence-corrected chi connectivity index (χ0v) is 15.8. The van der Waals surface area contributed by atoms with E-state index in [0.29, 0.717) is 25.4 Å². The Labute approximate surface area is 168 Å². The van der Waals surface area contributed by atoms with E-state index in [9.17, 15) is 14.0 Å². The van der Waals surface area contributed by atoms with Crippen molar-refractivity contribution in [2.75, 3.05) is 13.2 Å². The zero-order chi connectivity index (χ0) is 20.5. The van der Waals surface area contributed by atoms with Crippen molar-refractivity contribution in [1.82, 2.24) is 15.2 Å². The SMILES string of the molecule is O=C(NCCOc1cccc(F)c1)NCc1ccc(Cn2ccccc2=O)cc1. The van der Waals surface area contributed by atoms with Crippen LogP contribution in [-0.4, -0.2) is 23.7 Å². The van der Waals surface area contributed by atoms with Crippen LogP contribution in [0.1, 0.15) is 11.1 Å². The number of pyridine rings is 1. The average molecular weight is 395 g/mol. The third kappa shape index (κ3) is 6.49. The summed E-state index contributed by atoms with van der Waals surface area (Å²) in [5, 5.41) is 5.45. The molecule has 0 atom stereocenters. The van der Waals surface area contributed by atoms with Gasteiger partial charge in [0.25, 0.3) is 5.56 Å². The van der Waals surface area contributed by atoms with Crippen LogP contribution in [0.4, 0.5) is 9.18 Å². The van der Waals surface area contributed by atoms with E-state index in [2.05, 4.69) is 10.6 Å². The molecule has 7 heteroatoms. The quantitative estimate of drug-likeness (QED) is 0.576. The third-order valence-electron chi connectivity index (χ3n) is 4.18. The summed E-state index contributed by atoms with van der Waals surface area (Å²) < 4.78 is 20.0. The standard InChI is InChI=1S/C22H22FN3O3/c23-19-4-3-5-20(14-19)29-13-11-24-22(28)25-15-17-7-9-18(10-8-17)16-26-12-2-1-6-21(26)27/h1-10,12,14H,11,13,15-16H2,(H2,24,25,28). The van der Waals surface area contributed by atoms with E-state index in [0.717, 1.165) is 11.1 Å². The monoisotopic (exact) mass is 395 g/mol. The fourth-order valence-corrected chi connectivity index (χ4v) is 2.69. The molecule has 29 heavy (non-hydrogen) atoms. The fourth-order valence-electron chi connectivity index (χ4n) is 2.69. The molecule has 3 rings (SSSR count). The van der Waals surface area contributed by atoms with E-state index in [4.69, 9.17) is 4.74 Å². The molecule has 2 amide bonds. The molecule has 6 nitrogen and oxygen atoms in total. The van der Waals surface area contributed by atoms with E-state index >= 15 is 0 Å². The largest absolute Gasteiger partial charge is 0.492 e. The van der Waals surface area contributed by atoms with Crippen LogP contribution in [-0.2, 0) is 13.1 Å². The Morgan fingerprint density at radius 3 is 2.52 bits per heavy atom. The summed E-state index contributed by atoms with van der Waals surface area (Å²) in [6.07, 6.45) is 1.75. The van der Waals surface area contributed by atoms with Crippen LogP contribution >= 0.6 is 0 Å². The van der Waals surface area contributed by atoms with Crippen molar-refractivity contribution in [1.29, 1.82) is 0 Å². The Bertz CT molecular complexity index is 1000. The van der Waals surface area contributed by atoms with Gasteiger partial charge >= 0.3 is 6.03 Å². The summed E-state index contributed by atoms with van der Waals surface area (Å²) in [6, 6.07) is 18.3. The summed E-state index contributed by atoms with van der Waals surface area (Å²) in [5.41, 5.74) is 1.90. The molecule has 1 aromatic heterocycles. The Morgan fingerprint density at radius 1 is 0.966 bits per heavy atom. The topological polar surface area (TPSA) is 72.4 Å². The number of nitrogens with one attached hydrogen (secondary N) is 2. The molecule has 2 N–H and O–H groups in total. The summed E-state index contributed by atoms with van der Waals surface area (Å²) in [5.74, 6) is 0.0557. The Kier molecular flexibility index (Phi) is 7.00. The summed E-state index contributed by atoms with van der Waals surface area (Å²) in [6.45, 7) is 1.42. The molecule has 2 aromatic carbocycles. The van der Waals surface area contributed by atoms with Gasteiger partial charge in [-0.05, 0) is 29.3 Å². The van der Waals surface area contributed by atoms with Crippen molar-refractivity contribution in [3.05, 3.63) is 100 Å². The highest BCUT2D eigenvalue weighted by Crippen LogP contribution is 2.11. The van der Waals surface area contributed by atoms with Gasteiger partial charge in [-0.15, -0.1) is 0 Å². The van der Waals surface area contributed by atoms with E-state index in [1.807, 2.05) is 30.3 Å². The number of carbonyl (C=O) groups is 1. The number of carbonyl (C=O) groups excluding carboxylic acids is 1. The van der Waals surface area contributed by atoms with Crippen LogP contribution in [0.25, 0.3) is 0 Å². The first-order valence-electron chi connectivity index (χ1n) is 9.23. The molecule has 0 bridgehead atoms. The van der Waals surface area contributed by atoms with Crippen molar-refractivity contribution in [2.24, 2.45) is 0 Å². The van der Waals surface area contributed by atoms with Gasteiger partial charge in [-0.2, -0.15) is 0 Å². The number of urea groups is 1. The number of rotatable bonds is 8. The second-order valence-corrected chi connectivity index (χ2v) is 6.40. The number of ether oxygens (including phenoxy) is 1. The van der Waals surface area contributed by atoms with Gasteiger partial charge in [0.15, 0.2) is 0 Å². The minimum atomic E-state index is -0.366. The molecule has 0 aliphatic rings. The Hall–Kier alpha value is -3.61. The maximum absolute atomic E-state index is 13.0. The predicted molar refractivity (Wildman–Crippen MR) is 108 cm³/mol. The van der Waals surface area contributed by atoms with Gasteiger partial charge in [0.05, 0.1) is 13.1 Å². The minimum absolute atomic E-state index is 0.0451. The van der Waals surface area contributed by atoms with Gasteiger partial charge in [-0.25, -0.2) is 9.18 Å². The summed E-state index contributed by atoms with van der Waals surface area (Å²) in [4.78, 5) is 23.6. The lowest BCUT2D eigenvalue weighted by Crippen LogP contribution is -2.37. The number of hydrogen-bond acceptors (Lipinski definition) is 3. The molecule has 1 heterocycles. The molecular formula is C22H22FN3O3. The fraction of sp³-hybridized carbons (Fsp3) is 0.182. The third-order valence-corrected chi connectivity index (χ3v) is 4.18. The molecule has 0 unspecified atom stereocenters. The van der Waals surface area contributed by atoms with Crippen LogP contribution in [0.5, 0.6) is 5.75 Å². The number of halogens is 1. The van der Waals surface area contributed by atoms with Crippen LogP contribution in [0.3, 0.4) is 0 Å². The highest BCUT2D eigenvalue weighted by molar-refractivity contribution is 5.73. The van der Waals surface area contributed by atoms with Crippen molar-refractivity contribution in [2.45, 2.75) is 13.1 Å². The smallest absolute Gasteiger partial charge is 0.315 e. The first-order chi connectivity index (χ1) is 14.1. The molecule has 0 spiro atoms. The number of amides is 2. The first kappa shape index (κ1) is 20.1. The maximum atomic E-state index is 13.0. The van der Waals surface area contributed by atoms with Gasteiger partial charge < -0.3 is 19.9 Å². The van der Waals surface area contributed by atoms with E-state index in [1.54, 1.807) is 29.0 Å². The van der Waals surface area contributed by atoms with Gasteiger partial charge in [-0.1, -0.05) is 36.4 Å². The Balaban J connectivity index is 1.37. The zero-order valence-electron chi connectivity index (χ0n) is 15.8. The maximum Gasteiger partial charge on any atom is 0.315 e. The normalized spacial score (nSPS) is 10.4. The van der Waals surface area contributed by atoms with Crippen molar-refractivity contribution in [3.8, 4) is 5.75 Å². The minimum Gasteiger partial charge on any atom is -0.492 e. The Morgan fingerprint density at radius 2 is 1.76 bits per heavy atom. The van der Waals surface area contributed by atoms with Gasteiger partial charge in [0, 0.05) is 24.9 Å². The van der Waals surface area contributed by atoms with Crippen LogP contribution in [0, 0.1) is 5.82 Å². The van der Waals surface area contributed by atoms with E-state index in [1.165, 1.54) is 18.2 Å². The van der Waals surface area contributed by atoms with Crippen molar-refractivity contribution < 1.29 is 13.9 Å². The molecule has 0 fully saturated rings. The van der Waals surface area contributed by atoms with Crippen LogP contribution < -0.4 is 20.9 Å². The highest BCUT2D eigenvalue weighted by Gasteiger charge is 2.02. The number of aromatic nitrogens is 1. The second-order valence-electron chi connectivity index (χ2n) is 6.40. The van der Waals surface area contributed by atoms with E-state index < -0.39 is 0 Å². The molecule has 0 saturated heterocycles. The van der Waals surface area contributed by atoms with Gasteiger partial charge in [-0.3, -0.25) is 4.79 Å². The van der Waals surface area contributed by atoms with Crippen molar-refractivity contribution >= 4 is 6.03 Å². The van der Waals surface area contributed by atoms with Crippen molar-refractivity contribution in [3.63, 3.8) is 0 Å². The first-order valence-corrected chi connectivity index (χ1v) is 9.23. The molecular weight excluding hydrogens is 373 g/mol. The lowest BCUT2D eigenvalue weighted by atomic mass is 10.1. The number of nitrogens with zero attached hydrogens (tertiary/aromatic N) is 1. The number of hydrogen-bond donors (Lipinski definition) is 2. The lowest BCUT2D eigenvalue weighted by molar-refractivity contribution is 0.236. The van der Waals surface area contributed by atoms with Crippen LogP contribution in [0.15, 0.2) is 77.7 Å². The van der Waals surface area contributed by atoms with Gasteiger partial charge in [0.1, 0.15) is 18.2 Å². The average Bonchev–Trinajstić information content (AvgIpc) is 2.72. The summed E-state index contributed by atoms with van der Waals surface area (Å²) in [7, 11) is 0. The molecule has 3 aromatic rings. The molecule has 0 aliphatic heterocycles. The van der Waals surface area contributed by atoms with E-state index in [-0.39, 0.29) is 24.0 Å². The molecule has 0 radical (unpaired) electrons. The molecule has 0 aliphatic carbocycles. The van der Waals surface area contributed by atoms with Gasteiger partial charge in [0.2, 0.25) is 0 Å². The highest BCUT2D eigenvalue weighted by atomic mass is 19.1. The molecule has 0 saturated carbocycles. The molecule has 150 valence electrons. The predicted octanol–water partition coefficient (Wildman–Crippen LogP) is 2.91. The number of benzene rings is 2. The van der Waals surface area contributed by atoms with Crippen LogP contribution in [0.2, 0.25) is 0 Å².